The summed E-state index contributed by atoms with van der Waals surface area (Å²) >= 11 is 0. The molecule has 0 aliphatic carbocycles. The highest BCUT2D eigenvalue weighted by molar-refractivity contribution is 7.89. The van der Waals surface area contributed by atoms with Gasteiger partial charge in [0, 0.05) is 5.54 Å². The van der Waals surface area contributed by atoms with Crippen LogP contribution >= 0.6 is 0 Å². The first-order chi connectivity index (χ1) is 8.93. The van der Waals surface area contributed by atoms with Crippen molar-refractivity contribution in [1.82, 2.24) is 4.72 Å². The van der Waals surface area contributed by atoms with Crippen molar-refractivity contribution in [2.24, 2.45) is 0 Å². The van der Waals surface area contributed by atoms with E-state index in [4.69, 9.17) is 5.26 Å². The fraction of sp³-hybridized carbons (Fsp3) is 0.500. The molecule has 1 rings (SSSR count). The SMILES string of the molecule is CCC(CC)(CC)NS(=O)(=O)c1cccc(C#N)c1. The molecule has 0 bridgehead atoms. The summed E-state index contributed by atoms with van der Waals surface area (Å²) in [4.78, 5) is 0.145. The van der Waals surface area contributed by atoms with E-state index in [2.05, 4.69) is 4.72 Å². The van der Waals surface area contributed by atoms with Crippen LogP contribution in [0, 0.1) is 11.3 Å². The van der Waals surface area contributed by atoms with Crippen molar-refractivity contribution in [3.05, 3.63) is 29.8 Å². The van der Waals surface area contributed by atoms with E-state index in [0.717, 1.165) is 19.3 Å². The predicted molar refractivity (Wildman–Crippen MR) is 75.1 cm³/mol. The van der Waals surface area contributed by atoms with Crippen LogP contribution in [0.15, 0.2) is 29.2 Å². The molecule has 0 unspecified atom stereocenters. The summed E-state index contributed by atoms with van der Waals surface area (Å²) in [5.74, 6) is 0. The average Bonchev–Trinajstić information content (AvgIpc) is 2.45. The van der Waals surface area contributed by atoms with Crippen LogP contribution < -0.4 is 4.72 Å². The normalized spacial score (nSPS) is 12.1. The van der Waals surface area contributed by atoms with E-state index in [1.807, 2.05) is 26.8 Å². The summed E-state index contributed by atoms with van der Waals surface area (Å²) in [5.41, 5.74) is -0.0699. The highest BCUT2D eigenvalue weighted by Crippen LogP contribution is 2.23. The second kappa shape index (κ2) is 6.18. The van der Waals surface area contributed by atoms with E-state index < -0.39 is 15.6 Å². The topological polar surface area (TPSA) is 70.0 Å². The average molecular weight is 280 g/mol. The molecule has 0 atom stereocenters. The van der Waals surface area contributed by atoms with Crippen molar-refractivity contribution < 1.29 is 8.42 Å². The van der Waals surface area contributed by atoms with Crippen molar-refractivity contribution in [2.75, 3.05) is 0 Å². The van der Waals surface area contributed by atoms with Gasteiger partial charge in [-0.05, 0) is 37.5 Å². The Labute approximate surface area is 115 Å². The molecule has 19 heavy (non-hydrogen) atoms. The van der Waals surface area contributed by atoms with Gasteiger partial charge >= 0.3 is 0 Å². The lowest BCUT2D eigenvalue weighted by Crippen LogP contribution is -2.46. The van der Waals surface area contributed by atoms with Crippen LogP contribution in [-0.4, -0.2) is 14.0 Å². The van der Waals surface area contributed by atoms with E-state index in [1.165, 1.54) is 12.1 Å². The number of benzene rings is 1. The Morgan fingerprint density at radius 2 is 1.79 bits per heavy atom. The van der Waals surface area contributed by atoms with E-state index >= 15 is 0 Å². The largest absolute Gasteiger partial charge is 0.241 e. The Balaban J connectivity index is 3.14. The summed E-state index contributed by atoms with van der Waals surface area (Å²) < 4.78 is 27.5. The van der Waals surface area contributed by atoms with Crippen molar-refractivity contribution in [2.45, 2.75) is 50.5 Å². The van der Waals surface area contributed by atoms with Gasteiger partial charge in [-0.1, -0.05) is 26.8 Å². The van der Waals surface area contributed by atoms with Gasteiger partial charge in [-0.2, -0.15) is 5.26 Å². The lowest BCUT2D eigenvalue weighted by molar-refractivity contribution is 0.341. The molecule has 1 aromatic rings. The van der Waals surface area contributed by atoms with E-state index in [0.29, 0.717) is 5.56 Å². The first kappa shape index (κ1) is 15.7. The van der Waals surface area contributed by atoms with E-state index in [-0.39, 0.29) is 4.90 Å². The van der Waals surface area contributed by atoms with E-state index in [9.17, 15) is 8.42 Å². The van der Waals surface area contributed by atoms with Gasteiger partial charge in [0.1, 0.15) is 0 Å². The molecule has 0 radical (unpaired) electrons. The molecular formula is C14H20N2O2S. The number of sulfonamides is 1. The summed E-state index contributed by atoms with van der Waals surface area (Å²) in [7, 11) is -3.59. The minimum Gasteiger partial charge on any atom is -0.207 e. The Bertz CT molecular complexity index is 561. The summed E-state index contributed by atoms with van der Waals surface area (Å²) in [6.07, 6.45) is 2.20. The van der Waals surface area contributed by atoms with Crippen LogP contribution in [0.2, 0.25) is 0 Å². The highest BCUT2D eigenvalue weighted by atomic mass is 32.2. The predicted octanol–water partition coefficient (Wildman–Crippen LogP) is 2.81. The fourth-order valence-corrected chi connectivity index (χ4v) is 3.70. The molecule has 4 nitrogen and oxygen atoms in total. The van der Waals surface area contributed by atoms with Crippen LogP contribution in [0.25, 0.3) is 0 Å². The number of hydrogen-bond donors (Lipinski definition) is 1. The van der Waals surface area contributed by atoms with Crippen LogP contribution in [0.3, 0.4) is 0 Å². The lowest BCUT2D eigenvalue weighted by Gasteiger charge is -2.31. The molecule has 0 aliphatic heterocycles. The minimum atomic E-state index is -3.59. The fourth-order valence-electron chi connectivity index (χ4n) is 2.04. The number of rotatable bonds is 6. The van der Waals surface area contributed by atoms with E-state index in [1.54, 1.807) is 12.1 Å². The Kier molecular flexibility index (Phi) is 5.10. The lowest BCUT2D eigenvalue weighted by atomic mass is 9.91. The molecule has 0 aromatic heterocycles. The van der Waals surface area contributed by atoms with Crippen molar-refractivity contribution in [3.63, 3.8) is 0 Å². The van der Waals surface area contributed by atoms with Crippen molar-refractivity contribution in [1.29, 1.82) is 5.26 Å². The van der Waals surface area contributed by atoms with Crippen LogP contribution in [0.5, 0.6) is 0 Å². The van der Waals surface area contributed by atoms with Gasteiger partial charge in [0.05, 0.1) is 16.5 Å². The second-order valence-corrected chi connectivity index (χ2v) is 6.27. The molecule has 1 N–H and O–H groups in total. The molecule has 0 amide bonds. The minimum absolute atomic E-state index is 0.145. The molecule has 1 aromatic carbocycles. The van der Waals surface area contributed by atoms with Gasteiger partial charge < -0.3 is 0 Å². The quantitative estimate of drug-likeness (QED) is 0.871. The smallest absolute Gasteiger partial charge is 0.207 e. The first-order valence-electron chi connectivity index (χ1n) is 6.47. The van der Waals surface area contributed by atoms with Gasteiger partial charge in [0.25, 0.3) is 0 Å². The monoisotopic (exact) mass is 280 g/mol. The van der Waals surface area contributed by atoms with Crippen LogP contribution in [0.4, 0.5) is 0 Å². The molecule has 0 heterocycles. The van der Waals surface area contributed by atoms with Crippen molar-refractivity contribution in [3.8, 4) is 6.07 Å². The maximum atomic E-state index is 12.4. The summed E-state index contributed by atoms with van der Waals surface area (Å²) in [6, 6.07) is 8.03. The Hall–Kier alpha value is -1.38. The Morgan fingerprint density at radius 1 is 1.21 bits per heavy atom. The molecule has 0 fully saturated rings. The van der Waals surface area contributed by atoms with Gasteiger partial charge in [0.2, 0.25) is 10.0 Å². The molecule has 0 spiro atoms. The summed E-state index contributed by atoms with van der Waals surface area (Å²) in [6.45, 7) is 5.92. The second-order valence-electron chi connectivity index (χ2n) is 4.59. The highest BCUT2D eigenvalue weighted by Gasteiger charge is 2.30. The van der Waals surface area contributed by atoms with Gasteiger partial charge in [0.15, 0.2) is 0 Å². The molecule has 0 saturated heterocycles. The number of nitrogens with zero attached hydrogens (tertiary/aromatic N) is 1. The third-order valence-electron chi connectivity index (χ3n) is 3.65. The maximum Gasteiger partial charge on any atom is 0.241 e. The zero-order valence-electron chi connectivity index (χ0n) is 11.6. The first-order valence-corrected chi connectivity index (χ1v) is 7.95. The molecule has 5 heteroatoms. The standard InChI is InChI=1S/C14H20N2O2S/c1-4-14(5-2,6-3)16-19(17,18)13-9-7-8-12(10-13)11-15/h7-10,16H,4-6H2,1-3H3. The summed E-state index contributed by atoms with van der Waals surface area (Å²) in [5, 5.41) is 8.83. The van der Waals surface area contributed by atoms with Crippen LogP contribution in [-0.2, 0) is 10.0 Å². The zero-order chi connectivity index (χ0) is 14.5. The number of nitrogens with one attached hydrogen (secondary N) is 1. The van der Waals surface area contributed by atoms with Gasteiger partial charge in [-0.25, -0.2) is 13.1 Å². The number of hydrogen-bond acceptors (Lipinski definition) is 3. The van der Waals surface area contributed by atoms with Gasteiger partial charge in [-0.3, -0.25) is 0 Å². The zero-order valence-corrected chi connectivity index (χ0v) is 12.4. The molecular weight excluding hydrogens is 260 g/mol. The van der Waals surface area contributed by atoms with Crippen molar-refractivity contribution >= 4 is 10.0 Å². The van der Waals surface area contributed by atoms with Gasteiger partial charge in [-0.15, -0.1) is 0 Å². The van der Waals surface area contributed by atoms with Crippen LogP contribution in [0.1, 0.15) is 45.6 Å². The third kappa shape index (κ3) is 3.55. The maximum absolute atomic E-state index is 12.4. The molecule has 0 saturated carbocycles. The molecule has 0 aliphatic rings. The molecule has 104 valence electrons. The Morgan fingerprint density at radius 3 is 2.26 bits per heavy atom. The third-order valence-corrected chi connectivity index (χ3v) is 5.23. The number of nitriles is 1.